The number of anilines is 1. The number of nitriles is 1. The van der Waals surface area contributed by atoms with Gasteiger partial charge in [-0.15, -0.1) is 0 Å². The van der Waals surface area contributed by atoms with Crippen LogP contribution in [0, 0.1) is 23.1 Å². The quantitative estimate of drug-likeness (QED) is 0.912. The van der Waals surface area contributed by atoms with Gasteiger partial charge >= 0.3 is 0 Å². The summed E-state index contributed by atoms with van der Waals surface area (Å²) < 4.78 is 19.5. The third-order valence-corrected chi connectivity index (χ3v) is 5.03. The lowest BCUT2D eigenvalue weighted by atomic mass is 9.79. The van der Waals surface area contributed by atoms with E-state index in [1.165, 1.54) is 6.07 Å². The monoisotopic (exact) mass is 304 g/mol. The maximum absolute atomic E-state index is 13.9. The molecule has 0 spiro atoms. The van der Waals surface area contributed by atoms with Gasteiger partial charge in [0.1, 0.15) is 17.4 Å². The molecule has 4 nitrogen and oxygen atoms in total. The Morgan fingerprint density at radius 2 is 2.32 bits per heavy atom. The zero-order valence-electron chi connectivity index (χ0n) is 12.8. The Morgan fingerprint density at radius 3 is 3.05 bits per heavy atom. The van der Waals surface area contributed by atoms with Crippen LogP contribution in [0.25, 0.3) is 0 Å². The molecule has 2 aliphatic rings. The fourth-order valence-electron chi connectivity index (χ4n) is 3.75. The fourth-order valence-corrected chi connectivity index (χ4v) is 3.75. The largest absolute Gasteiger partial charge is 0.390 e. The average molecular weight is 304 g/mol. The van der Waals surface area contributed by atoms with Crippen LogP contribution in [0.5, 0.6) is 0 Å². The van der Waals surface area contributed by atoms with Gasteiger partial charge in [0.25, 0.3) is 0 Å². The van der Waals surface area contributed by atoms with E-state index in [1.807, 2.05) is 13.0 Å². The summed E-state index contributed by atoms with van der Waals surface area (Å²) in [4.78, 5) is 2.08. The molecule has 0 amide bonds. The molecule has 0 bridgehead atoms. The van der Waals surface area contributed by atoms with Crippen LogP contribution in [0.1, 0.15) is 31.7 Å². The van der Waals surface area contributed by atoms with E-state index in [4.69, 9.17) is 4.74 Å². The smallest absolute Gasteiger partial charge is 0.143 e. The van der Waals surface area contributed by atoms with Crippen molar-refractivity contribution in [2.45, 2.75) is 37.8 Å². The molecule has 1 N–H and O–H groups in total. The van der Waals surface area contributed by atoms with Crippen molar-refractivity contribution in [3.05, 3.63) is 29.6 Å². The highest BCUT2D eigenvalue weighted by molar-refractivity contribution is 5.61. The molecule has 1 aromatic carbocycles. The summed E-state index contributed by atoms with van der Waals surface area (Å²) in [5.41, 5.74) is -0.0665. The molecule has 2 aliphatic heterocycles. The topological polar surface area (TPSA) is 56.5 Å². The number of benzene rings is 1. The number of nitrogens with zero attached hydrogens (tertiary/aromatic N) is 2. The Bertz CT molecular complexity index is 597. The standard InChI is InChI=1S/C17H21FN2O2/c1-17(21)7-9-22-11-13(17)16-6-3-8-20(16)15-5-2-4-14(18)12(15)10-19/h2,4-5,13,16,21H,3,6-9,11H2,1H3/t13-,16-,17+/m1/s1. The van der Waals surface area contributed by atoms with Crippen molar-refractivity contribution in [3.8, 4) is 6.07 Å². The van der Waals surface area contributed by atoms with Gasteiger partial charge in [-0.2, -0.15) is 5.26 Å². The molecule has 0 unspecified atom stereocenters. The molecule has 1 aromatic rings. The molecule has 3 rings (SSSR count). The average Bonchev–Trinajstić information content (AvgIpc) is 2.95. The van der Waals surface area contributed by atoms with E-state index < -0.39 is 11.4 Å². The highest BCUT2D eigenvalue weighted by atomic mass is 19.1. The Kier molecular flexibility index (Phi) is 4.07. The van der Waals surface area contributed by atoms with E-state index in [-0.39, 0.29) is 17.5 Å². The maximum atomic E-state index is 13.9. The van der Waals surface area contributed by atoms with Gasteiger partial charge < -0.3 is 14.7 Å². The molecule has 3 atom stereocenters. The molecule has 0 radical (unpaired) electrons. The SMILES string of the molecule is C[C@]1(O)CCOC[C@@H]1[C@H]1CCCN1c1cccc(F)c1C#N. The molecule has 0 saturated carbocycles. The van der Waals surface area contributed by atoms with E-state index in [2.05, 4.69) is 4.90 Å². The molecule has 2 saturated heterocycles. The van der Waals surface area contributed by atoms with Gasteiger partial charge in [-0.3, -0.25) is 0 Å². The number of hydrogen-bond donors (Lipinski definition) is 1. The van der Waals surface area contributed by atoms with Crippen LogP contribution in [-0.2, 0) is 4.74 Å². The minimum absolute atomic E-state index is 0.0291. The van der Waals surface area contributed by atoms with Crippen molar-refractivity contribution in [3.63, 3.8) is 0 Å². The molecule has 2 heterocycles. The van der Waals surface area contributed by atoms with Crippen LogP contribution in [-0.4, -0.2) is 36.5 Å². The van der Waals surface area contributed by atoms with E-state index in [1.54, 1.807) is 12.1 Å². The van der Waals surface area contributed by atoms with E-state index in [0.29, 0.717) is 25.3 Å². The fraction of sp³-hybridized carbons (Fsp3) is 0.588. The first-order chi connectivity index (χ1) is 10.5. The number of ether oxygens (including phenoxy) is 1. The summed E-state index contributed by atoms with van der Waals surface area (Å²) in [6.45, 7) is 3.70. The second-order valence-corrected chi connectivity index (χ2v) is 6.44. The predicted molar refractivity (Wildman–Crippen MR) is 81.0 cm³/mol. The summed E-state index contributed by atoms with van der Waals surface area (Å²) in [5, 5.41) is 20.0. The molecular formula is C17H21FN2O2. The summed E-state index contributed by atoms with van der Waals surface area (Å²) in [5.74, 6) is -0.518. The lowest BCUT2D eigenvalue weighted by molar-refractivity contribution is -0.108. The molecular weight excluding hydrogens is 283 g/mol. The van der Waals surface area contributed by atoms with Gasteiger partial charge in [0.2, 0.25) is 0 Å². The second kappa shape index (κ2) is 5.86. The van der Waals surface area contributed by atoms with Crippen LogP contribution < -0.4 is 4.90 Å². The zero-order valence-corrected chi connectivity index (χ0v) is 12.8. The minimum Gasteiger partial charge on any atom is -0.390 e. The lowest BCUT2D eigenvalue weighted by Crippen LogP contribution is -2.52. The third kappa shape index (κ3) is 2.57. The minimum atomic E-state index is -0.786. The van der Waals surface area contributed by atoms with Gasteiger partial charge in [-0.1, -0.05) is 6.07 Å². The van der Waals surface area contributed by atoms with Crippen LogP contribution in [0.15, 0.2) is 18.2 Å². The summed E-state index contributed by atoms with van der Waals surface area (Å²) in [6, 6.07) is 6.79. The third-order valence-electron chi connectivity index (χ3n) is 5.03. The number of aliphatic hydroxyl groups is 1. The van der Waals surface area contributed by atoms with Crippen LogP contribution >= 0.6 is 0 Å². The molecule has 5 heteroatoms. The van der Waals surface area contributed by atoms with Crippen molar-refractivity contribution < 1.29 is 14.2 Å². The van der Waals surface area contributed by atoms with Crippen molar-refractivity contribution in [1.82, 2.24) is 0 Å². The summed E-state index contributed by atoms with van der Waals surface area (Å²) in [6.07, 6.45) is 2.50. The Hall–Kier alpha value is -1.64. The van der Waals surface area contributed by atoms with E-state index >= 15 is 0 Å². The normalized spacial score (nSPS) is 32.0. The first-order valence-corrected chi connectivity index (χ1v) is 7.80. The predicted octanol–water partition coefficient (Wildman–Crippen LogP) is 2.45. The van der Waals surface area contributed by atoms with Gasteiger partial charge in [0, 0.05) is 25.1 Å². The molecule has 2 fully saturated rings. The summed E-state index contributed by atoms with van der Waals surface area (Å²) >= 11 is 0. The number of rotatable bonds is 2. The Morgan fingerprint density at radius 1 is 1.50 bits per heavy atom. The van der Waals surface area contributed by atoms with Crippen LogP contribution in [0.2, 0.25) is 0 Å². The number of hydrogen-bond acceptors (Lipinski definition) is 4. The van der Waals surface area contributed by atoms with Crippen molar-refractivity contribution >= 4 is 5.69 Å². The van der Waals surface area contributed by atoms with Crippen molar-refractivity contribution in [2.24, 2.45) is 5.92 Å². The molecule has 0 aromatic heterocycles. The van der Waals surface area contributed by atoms with E-state index in [0.717, 1.165) is 19.4 Å². The lowest BCUT2D eigenvalue weighted by Gasteiger charge is -2.44. The Labute approximate surface area is 130 Å². The first-order valence-electron chi connectivity index (χ1n) is 7.80. The first kappa shape index (κ1) is 15.3. The highest BCUT2D eigenvalue weighted by Crippen LogP contribution is 2.39. The maximum Gasteiger partial charge on any atom is 0.143 e. The Balaban J connectivity index is 1.94. The second-order valence-electron chi connectivity index (χ2n) is 6.44. The van der Waals surface area contributed by atoms with Crippen molar-refractivity contribution in [2.75, 3.05) is 24.7 Å². The van der Waals surface area contributed by atoms with Crippen LogP contribution in [0.4, 0.5) is 10.1 Å². The van der Waals surface area contributed by atoms with Gasteiger partial charge in [-0.05, 0) is 38.3 Å². The number of halogens is 1. The van der Waals surface area contributed by atoms with Gasteiger partial charge in [-0.25, -0.2) is 4.39 Å². The summed E-state index contributed by atoms with van der Waals surface area (Å²) in [7, 11) is 0. The van der Waals surface area contributed by atoms with Gasteiger partial charge in [0.15, 0.2) is 0 Å². The molecule has 0 aliphatic carbocycles. The highest BCUT2D eigenvalue weighted by Gasteiger charge is 2.44. The van der Waals surface area contributed by atoms with E-state index in [9.17, 15) is 14.8 Å². The molecule has 22 heavy (non-hydrogen) atoms. The molecule has 118 valence electrons. The van der Waals surface area contributed by atoms with Crippen LogP contribution in [0.3, 0.4) is 0 Å². The van der Waals surface area contributed by atoms with Crippen molar-refractivity contribution in [1.29, 1.82) is 5.26 Å². The zero-order chi connectivity index (χ0) is 15.7. The van der Waals surface area contributed by atoms with Gasteiger partial charge in [0.05, 0.1) is 17.9 Å².